The number of Topliss-reactive ketones (excluding diaryl/α,β-unsaturated/α-hetero) is 1. The second-order valence-corrected chi connectivity index (χ2v) is 6.72. The summed E-state index contributed by atoms with van der Waals surface area (Å²) >= 11 is 0. The van der Waals surface area contributed by atoms with Gasteiger partial charge in [0.25, 0.3) is 0 Å². The van der Waals surface area contributed by atoms with Crippen molar-refractivity contribution >= 4 is 11.5 Å². The van der Waals surface area contributed by atoms with Gasteiger partial charge in [-0.15, -0.1) is 0 Å². The largest absolute Gasteiger partial charge is 0.495 e. The molecule has 1 saturated carbocycles. The average molecular weight is 301 g/mol. The van der Waals surface area contributed by atoms with Crippen LogP contribution in [0.15, 0.2) is 36.0 Å². The average Bonchev–Trinajstić information content (AvgIpc) is 2.54. The Balaban J connectivity index is 2.13. The first-order valence-electron chi connectivity index (χ1n) is 8.09. The Labute approximate surface area is 133 Å². The van der Waals surface area contributed by atoms with E-state index in [0.29, 0.717) is 12.3 Å². The number of para-hydroxylation sites is 2. The van der Waals surface area contributed by atoms with Crippen molar-refractivity contribution in [2.45, 2.75) is 46.5 Å². The Morgan fingerprint density at radius 1 is 1.36 bits per heavy atom. The fraction of sp³-hybridized carbons (Fsp3) is 0.526. The Morgan fingerprint density at radius 3 is 2.77 bits per heavy atom. The van der Waals surface area contributed by atoms with Crippen LogP contribution in [0.3, 0.4) is 0 Å². The Morgan fingerprint density at radius 2 is 2.09 bits per heavy atom. The van der Waals surface area contributed by atoms with Crippen molar-refractivity contribution in [3.63, 3.8) is 0 Å². The number of benzene rings is 1. The number of nitrogens with one attached hydrogen (secondary N) is 1. The summed E-state index contributed by atoms with van der Waals surface area (Å²) < 4.78 is 5.33. The summed E-state index contributed by atoms with van der Waals surface area (Å²) in [5.74, 6) is 1.62. The first-order chi connectivity index (χ1) is 10.5. The van der Waals surface area contributed by atoms with E-state index in [2.05, 4.69) is 26.1 Å². The number of methoxy groups -OCH3 is 1. The predicted molar refractivity (Wildman–Crippen MR) is 91.1 cm³/mol. The van der Waals surface area contributed by atoms with Gasteiger partial charge in [0, 0.05) is 18.2 Å². The molecule has 2 rings (SSSR count). The Bertz CT molecular complexity index is 560. The second-order valence-electron chi connectivity index (χ2n) is 6.72. The summed E-state index contributed by atoms with van der Waals surface area (Å²) in [5.41, 5.74) is 2.08. The van der Waals surface area contributed by atoms with E-state index in [4.69, 9.17) is 4.74 Å². The van der Waals surface area contributed by atoms with Crippen molar-refractivity contribution in [1.29, 1.82) is 0 Å². The molecular formula is C19H27NO2. The monoisotopic (exact) mass is 301 g/mol. The maximum Gasteiger partial charge on any atom is 0.160 e. The summed E-state index contributed by atoms with van der Waals surface area (Å²) in [4.78, 5) is 12.2. The Hall–Kier alpha value is -1.77. The third kappa shape index (κ3) is 3.70. The van der Waals surface area contributed by atoms with E-state index >= 15 is 0 Å². The minimum absolute atomic E-state index is 0.269. The molecule has 0 aromatic heterocycles. The van der Waals surface area contributed by atoms with E-state index in [1.807, 2.05) is 30.5 Å². The highest BCUT2D eigenvalue weighted by Gasteiger charge is 2.33. The number of ether oxygens (including phenoxy) is 1. The molecule has 0 aliphatic heterocycles. The van der Waals surface area contributed by atoms with Gasteiger partial charge in [-0.25, -0.2) is 0 Å². The molecule has 0 saturated heterocycles. The molecule has 1 aromatic rings. The van der Waals surface area contributed by atoms with Gasteiger partial charge in [0.2, 0.25) is 0 Å². The highest BCUT2D eigenvalue weighted by atomic mass is 16.5. The zero-order valence-electron chi connectivity index (χ0n) is 14.1. The van der Waals surface area contributed by atoms with Crippen molar-refractivity contribution in [2.24, 2.45) is 11.3 Å². The first-order valence-corrected chi connectivity index (χ1v) is 8.09. The van der Waals surface area contributed by atoms with E-state index in [1.165, 1.54) is 0 Å². The van der Waals surface area contributed by atoms with E-state index in [9.17, 15) is 4.79 Å². The quantitative estimate of drug-likeness (QED) is 0.794. The van der Waals surface area contributed by atoms with Crippen LogP contribution in [-0.2, 0) is 4.79 Å². The van der Waals surface area contributed by atoms with Crippen LogP contribution in [0.2, 0.25) is 0 Å². The molecule has 1 aromatic carbocycles. The molecule has 1 N–H and O–H groups in total. The second kappa shape index (κ2) is 6.99. The smallest absolute Gasteiger partial charge is 0.160 e. The minimum atomic E-state index is 0.269. The molecule has 22 heavy (non-hydrogen) atoms. The standard InChI is InChI=1S/C19H27NO2/c1-5-19(2,3)15-10-11-17(21)14(12-15)13-20-16-8-6-7-9-18(16)22-4/h6-9,13,15,20H,5,10-12H2,1-4H3/b14-13+/t15-/m1/s1. The lowest BCUT2D eigenvalue weighted by Crippen LogP contribution is -2.29. The number of allylic oxidation sites excluding steroid dienone is 1. The molecule has 0 radical (unpaired) electrons. The van der Waals surface area contributed by atoms with E-state index < -0.39 is 0 Å². The fourth-order valence-corrected chi connectivity index (χ4v) is 2.97. The lowest BCUT2D eigenvalue weighted by atomic mass is 9.68. The van der Waals surface area contributed by atoms with Crippen molar-refractivity contribution in [1.82, 2.24) is 0 Å². The number of hydrogen-bond acceptors (Lipinski definition) is 3. The van der Waals surface area contributed by atoms with E-state index in [1.54, 1.807) is 7.11 Å². The molecular weight excluding hydrogens is 274 g/mol. The fourth-order valence-electron chi connectivity index (χ4n) is 2.97. The lowest BCUT2D eigenvalue weighted by Gasteiger charge is -2.36. The SMILES string of the molecule is CCC(C)(C)[C@@H]1CCC(=O)/C(=C/Nc2ccccc2OC)C1. The van der Waals surface area contributed by atoms with Crippen LogP contribution >= 0.6 is 0 Å². The van der Waals surface area contributed by atoms with Crippen LogP contribution in [0.4, 0.5) is 5.69 Å². The molecule has 1 aliphatic carbocycles. The third-order valence-electron chi connectivity index (χ3n) is 5.07. The zero-order chi connectivity index (χ0) is 16.2. The number of anilines is 1. The summed E-state index contributed by atoms with van der Waals surface area (Å²) in [5, 5.41) is 3.25. The number of carbonyl (C=O) groups excluding carboxylic acids is 1. The molecule has 3 heteroatoms. The molecule has 0 amide bonds. The van der Waals surface area contributed by atoms with Crippen LogP contribution in [-0.4, -0.2) is 12.9 Å². The van der Waals surface area contributed by atoms with Crippen molar-refractivity contribution in [3.05, 3.63) is 36.0 Å². The van der Waals surface area contributed by atoms with Crippen molar-refractivity contribution < 1.29 is 9.53 Å². The first kappa shape index (κ1) is 16.6. The third-order valence-corrected chi connectivity index (χ3v) is 5.07. The van der Waals surface area contributed by atoms with Crippen LogP contribution in [0.1, 0.15) is 46.5 Å². The molecule has 1 atom stereocenters. The van der Waals surface area contributed by atoms with Crippen LogP contribution in [0.5, 0.6) is 5.75 Å². The summed E-state index contributed by atoms with van der Waals surface area (Å²) in [6.07, 6.45) is 5.54. The highest BCUT2D eigenvalue weighted by molar-refractivity contribution is 5.96. The topological polar surface area (TPSA) is 38.3 Å². The van der Waals surface area contributed by atoms with Gasteiger partial charge < -0.3 is 10.1 Å². The maximum atomic E-state index is 12.2. The summed E-state index contributed by atoms with van der Waals surface area (Å²) in [6.45, 7) is 6.84. The Kier molecular flexibility index (Phi) is 5.28. The van der Waals surface area contributed by atoms with Gasteiger partial charge in [0.05, 0.1) is 12.8 Å². The number of ketones is 1. The van der Waals surface area contributed by atoms with E-state index in [-0.39, 0.29) is 11.2 Å². The van der Waals surface area contributed by atoms with E-state index in [0.717, 1.165) is 36.3 Å². The van der Waals surface area contributed by atoms with Gasteiger partial charge in [0.15, 0.2) is 5.78 Å². The van der Waals surface area contributed by atoms with Crippen LogP contribution < -0.4 is 10.1 Å². The van der Waals surface area contributed by atoms with Crippen molar-refractivity contribution in [3.8, 4) is 5.75 Å². The molecule has 1 aliphatic rings. The molecule has 1 fully saturated rings. The normalized spacial score (nSPS) is 21.0. The van der Waals surface area contributed by atoms with Crippen LogP contribution in [0.25, 0.3) is 0 Å². The lowest BCUT2D eigenvalue weighted by molar-refractivity contribution is -0.117. The number of hydrogen-bond donors (Lipinski definition) is 1. The van der Waals surface area contributed by atoms with Crippen LogP contribution in [0, 0.1) is 11.3 Å². The van der Waals surface area contributed by atoms with Gasteiger partial charge in [0.1, 0.15) is 5.75 Å². The summed E-state index contributed by atoms with van der Waals surface area (Å²) in [7, 11) is 1.65. The molecule has 0 spiro atoms. The molecule has 120 valence electrons. The molecule has 0 bridgehead atoms. The maximum absolute atomic E-state index is 12.2. The van der Waals surface area contributed by atoms with Gasteiger partial charge in [-0.1, -0.05) is 39.3 Å². The van der Waals surface area contributed by atoms with Gasteiger partial charge in [-0.2, -0.15) is 0 Å². The predicted octanol–water partition coefficient (Wildman–Crippen LogP) is 4.80. The molecule has 0 heterocycles. The number of carbonyl (C=O) groups is 1. The minimum Gasteiger partial charge on any atom is -0.495 e. The zero-order valence-corrected chi connectivity index (χ0v) is 14.1. The van der Waals surface area contributed by atoms with Gasteiger partial charge in [-0.05, 0) is 36.3 Å². The van der Waals surface area contributed by atoms with Gasteiger partial charge >= 0.3 is 0 Å². The summed E-state index contributed by atoms with van der Waals surface area (Å²) in [6, 6.07) is 7.75. The van der Waals surface area contributed by atoms with Crippen molar-refractivity contribution in [2.75, 3.05) is 12.4 Å². The van der Waals surface area contributed by atoms with Gasteiger partial charge in [-0.3, -0.25) is 4.79 Å². The molecule has 3 nitrogen and oxygen atoms in total. The number of rotatable bonds is 5. The highest BCUT2D eigenvalue weighted by Crippen LogP contribution is 2.41. The molecule has 0 unspecified atom stereocenters.